The summed E-state index contributed by atoms with van der Waals surface area (Å²) in [5.41, 5.74) is 1.34. The van der Waals surface area contributed by atoms with Crippen molar-refractivity contribution in [2.24, 2.45) is 0 Å². The van der Waals surface area contributed by atoms with Crippen LogP contribution in [0.1, 0.15) is 10.4 Å². The molecular formula is C10H8Br2S. The van der Waals surface area contributed by atoms with Gasteiger partial charge in [-0.15, -0.1) is 11.3 Å². The molecule has 0 amide bonds. The second kappa shape index (κ2) is 3.71. The molecule has 0 aliphatic carbocycles. The Morgan fingerprint density at radius 1 is 1.38 bits per heavy atom. The van der Waals surface area contributed by atoms with Gasteiger partial charge < -0.3 is 0 Å². The van der Waals surface area contributed by atoms with E-state index in [1.54, 1.807) is 0 Å². The van der Waals surface area contributed by atoms with Gasteiger partial charge in [0.1, 0.15) is 0 Å². The SMILES string of the molecule is Cc1c(Br)ccc2cc(CBr)sc12. The summed E-state index contributed by atoms with van der Waals surface area (Å²) < 4.78 is 2.59. The number of benzene rings is 1. The maximum Gasteiger partial charge on any atom is 0.0386 e. The number of alkyl halides is 1. The van der Waals surface area contributed by atoms with Crippen LogP contribution >= 0.6 is 43.2 Å². The molecular weight excluding hydrogens is 312 g/mol. The molecule has 0 nitrogen and oxygen atoms in total. The third-order valence-corrected chi connectivity index (χ3v) is 5.16. The molecule has 2 aromatic rings. The van der Waals surface area contributed by atoms with Crippen molar-refractivity contribution in [2.45, 2.75) is 12.3 Å². The number of aryl methyl sites for hydroxylation is 1. The summed E-state index contributed by atoms with van der Waals surface area (Å²) in [6.07, 6.45) is 0. The molecule has 0 N–H and O–H groups in total. The summed E-state index contributed by atoms with van der Waals surface area (Å²) in [6.45, 7) is 2.15. The van der Waals surface area contributed by atoms with Crippen LogP contribution < -0.4 is 0 Å². The van der Waals surface area contributed by atoms with E-state index in [2.05, 4.69) is 57.0 Å². The maximum atomic E-state index is 3.54. The highest BCUT2D eigenvalue weighted by molar-refractivity contribution is 9.10. The fourth-order valence-electron chi connectivity index (χ4n) is 1.34. The Morgan fingerprint density at radius 3 is 2.85 bits per heavy atom. The molecule has 0 fully saturated rings. The van der Waals surface area contributed by atoms with E-state index >= 15 is 0 Å². The Kier molecular flexibility index (Phi) is 2.77. The molecule has 68 valence electrons. The first kappa shape index (κ1) is 9.69. The number of fused-ring (bicyclic) bond motifs is 1. The third-order valence-electron chi connectivity index (χ3n) is 2.05. The van der Waals surface area contributed by atoms with Crippen molar-refractivity contribution in [3.63, 3.8) is 0 Å². The molecule has 2 rings (SSSR count). The molecule has 0 aliphatic heterocycles. The molecule has 0 bridgehead atoms. The minimum Gasteiger partial charge on any atom is -0.139 e. The molecule has 0 radical (unpaired) electrons. The summed E-state index contributed by atoms with van der Waals surface area (Å²) in [5, 5.41) is 2.30. The van der Waals surface area contributed by atoms with E-state index in [1.807, 2.05) is 11.3 Å². The van der Waals surface area contributed by atoms with Gasteiger partial charge in [0.05, 0.1) is 0 Å². The highest BCUT2D eigenvalue weighted by Crippen LogP contribution is 2.33. The van der Waals surface area contributed by atoms with Crippen molar-refractivity contribution in [2.75, 3.05) is 0 Å². The number of rotatable bonds is 1. The standard InChI is InChI=1S/C10H8Br2S/c1-6-9(12)3-2-7-4-8(5-11)13-10(6)7/h2-4H,5H2,1H3. The smallest absolute Gasteiger partial charge is 0.0386 e. The van der Waals surface area contributed by atoms with Crippen LogP contribution in [0.15, 0.2) is 22.7 Å². The quantitative estimate of drug-likeness (QED) is 0.658. The van der Waals surface area contributed by atoms with Gasteiger partial charge in [0.25, 0.3) is 0 Å². The second-order valence-corrected chi connectivity index (χ2v) is 5.49. The lowest BCUT2D eigenvalue weighted by molar-refractivity contribution is 1.51. The molecule has 0 unspecified atom stereocenters. The number of hydrogen-bond donors (Lipinski definition) is 0. The van der Waals surface area contributed by atoms with Crippen LogP contribution in [0.3, 0.4) is 0 Å². The van der Waals surface area contributed by atoms with Crippen molar-refractivity contribution in [1.82, 2.24) is 0 Å². The number of halogens is 2. The fraction of sp³-hybridized carbons (Fsp3) is 0.200. The third kappa shape index (κ3) is 1.69. The highest BCUT2D eigenvalue weighted by atomic mass is 79.9. The van der Waals surface area contributed by atoms with Gasteiger partial charge in [-0.25, -0.2) is 0 Å². The van der Waals surface area contributed by atoms with Crippen LogP contribution in [0.25, 0.3) is 10.1 Å². The van der Waals surface area contributed by atoms with E-state index in [0.717, 1.165) is 5.33 Å². The van der Waals surface area contributed by atoms with E-state index in [0.29, 0.717) is 0 Å². The highest BCUT2D eigenvalue weighted by Gasteiger charge is 2.05. The van der Waals surface area contributed by atoms with Crippen molar-refractivity contribution < 1.29 is 0 Å². The Morgan fingerprint density at radius 2 is 2.15 bits per heavy atom. The van der Waals surface area contributed by atoms with E-state index in [9.17, 15) is 0 Å². The van der Waals surface area contributed by atoms with E-state index < -0.39 is 0 Å². The molecule has 1 aromatic heterocycles. The summed E-state index contributed by atoms with van der Waals surface area (Å²) in [7, 11) is 0. The van der Waals surface area contributed by atoms with Crippen LogP contribution in [0.5, 0.6) is 0 Å². The molecule has 0 atom stereocenters. The van der Waals surface area contributed by atoms with Gasteiger partial charge in [0, 0.05) is 19.4 Å². The Hall–Kier alpha value is 0.140. The topological polar surface area (TPSA) is 0 Å². The number of thiophene rings is 1. The zero-order valence-electron chi connectivity index (χ0n) is 7.10. The normalized spacial score (nSPS) is 11.0. The molecule has 0 aliphatic rings. The van der Waals surface area contributed by atoms with Crippen molar-refractivity contribution in [3.8, 4) is 0 Å². The van der Waals surface area contributed by atoms with Crippen LogP contribution in [-0.2, 0) is 5.33 Å². The monoisotopic (exact) mass is 318 g/mol. The van der Waals surface area contributed by atoms with Crippen LogP contribution in [-0.4, -0.2) is 0 Å². The zero-order valence-corrected chi connectivity index (χ0v) is 11.1. The average molecular weight is 320 g/mol. The van der Waals surface area contributed by atoms with Crippen molar-refractivity contribution >= 4 is 53.3 Å². The van der Waals surface area contributed by atoms with E-state index in [4.69, 9.17) is 0 Å². The summed E-state index contributed by atoms with van der Waals surface area (Å²) in [5.74, 6) is 0. The van der Waals surface area contributed by atoms with Gasteiger partial charge in [-0.3, -0.25) is 0 Å². The molecule has 3 heteroatoms. The van der Waals surface area contributed by atoms with Crippen molar-refractivity contribution in [3.05, 3.63) is 33.1 Å². The molecule has 1 heterocycles. The van der Waals surface area contributed by atoms with Gasteiger partial charge in [-0.2, -0.15) is 0 Å². The van der Waals surface area contributed by atoms with Crippen LogP contribution in [0, 0.1) is 6.92 Å². The summed E-state index contributed by atoms with van der Waals surface area (Å²) >= 11 is 8.88. The average Bonchev–Trinajstić information content (AvgIpc) is 2.55. The Balaban J connectivity index is 2.76. The van der Waals surface area contributed by atoms with Crippen LogP contribution in [0.2, 0.25) is 0 Å². The summed E-state index contributed by atoms with van der Waals surface area (Å²) in [4.78, 5) is 1.39. The molecule has 0 saturated carbocycles. The number of hydrogen-bond acceptors (Lipinski definition) is 1. The minimum absolute atomic E-state index is 0.948. The van der Waals surface area contributed by atoms with Gasteiger partial charge in [0.2, 0.25) is 0 Å². The van der Waals surface area contributed by atoms with Gasteiger partial charge >= 0.3 is 0 Å². The maximum absolute atomic E-state index is 3.54. The fourth-order valence-corrected chi connectivity index (χ4v) is 3.31. The minimum atomic E-state index is 0.948. The van der Waals surface area contributed by atoms with Gasteiger partial charge in [-0.1, -0.05) is 37.9 Å². The lowest BCUT2D eigenvalue weighted by atomic mass is 10.2. The summed E-state index contributed by atoms with van der Waals surface area (Å²) in [6, 6.07) is 6.52. The predicted octanol–water partition coefficient (Wildman–Crippen LogP) is 4.87. The Bertz CT molecular complexity index is 445. The first-order chi connectivity index (χ1) is 6.22. The molecule has 0 saturated heterocycles. The lowest BCUT2D eigenvalue weighted by Crippen LogP contribution is -1.73. The first-order valence-corrected chi connectivity index (χ1v) is 6.69. The lowest BCUT2D eigenvalue weighted by Gasteiger charge is -1.97. The van der Waals surface area contributed by atoms with Crippen molar-refractivity contribution in [1.29, 1.82) is 0 Å². The largest absolute Gasteiger partial charge is 0.139 e. The van der Waals surface area contributed by atoms with Gasteiger partial charge in [-0.05, 0) is 30.0 Å². The van der Waals surface area contributed by atoms with Gasteiger partial charge in [0.15, 0.2) is 0 Å². The van der Waals surface area contributed by atoms with E-state index in [-0.39, 0.29) is 0 Å². The first-order valence-electron chi connectivity index (χ1n) is 3.96. The molecule has 0 spiro atoms. The zero-order chi connectivity index (χ0) is 9.42. The molecule has 1 aromatic carbocycles. The second-order valence-electron chi connectivity index (χ2n) is 2.94. The molecule has 13 heavy (non-hydrogen) atoms. The predicted molar refractivity (Wildman–Crippen MR) is 66.9 cm³/mol. The Labute approximate surface area is 98.2 Å². The van der Waals surface area contributed by atoms with E-state index in [1.165, 1.54) is 25.0 Å². The van der Waals surface area contributed by atoms with Crippen LogP contribution in [0.4, 0.5) is 0 Å².